The number of thioether (sulfide) groups is 1. The van der Waals surface area contributed by atoms with Gasteiger partial charge in [0.15, 0.2) is 0 Å². The van der Waals surface area contributed by atoms with Crippen LogP contribution in [0.2, 0.25) is 0 Å². The van der Waals surface area contributed by atoms with Crippen molar-refractivity contribution in [3.05, 3.63) is 12.7 Å². The predicted molar refractivity (Wildman–Crippen MR) is 61.2 cm³/mol. The molecule has 0 aliphatic heterocycles. The summed E-state index contributed by atoms with van der Waals surface area (Å²) < 4.78 is 0. The number of hydrogen-bond donors (Lipinski definition) is 3. The first-order valence-corrected chi connectivity index (χ1v) is 5.69. The van der Waals surface area contributed by atoms with Crippen LogP contribution in [0.1, 0.15) is 6.92 Å². The summed E-state index contributed by atoms with van der Waals surface area (Å²) in [5.74, 6) is 0.571. The summed E-state index contributed by atoms with van der Waals surface area (Å²) >= 11 is 1.64. The molecule has 6 heteroatoms. The van der Waals surface area contributed by atoms with Gasteiger partial charge in [0.2, 0.25) is 0 Å². The van der Waals surface area contributed by atoms with Crippen LogP contribution in [-0.2, 0) is 4.79 Å². The lowest BCUT2D eigenvalue weighted by Gasteiger charge is -2.10. The van der Waals surface area contributed by atoms with Crippen LogP contribution in [0.5, 0.6) is 0 Å². The number of aliphatic carboxylic acids is 1. The van der Waals surface area contributed by atoms with Gasteiger partial charge < -0.3 is 15.7 Å². The van der Waals surface area contributed by atoms with Gasteiger partial charge in [0, 0.05) is 18.1 Å². The van der Waals surface area contributed by atoms with Gasteiger partial charge in [-0.05, 0) is 6.92 Å². The van der Waals surface area contributed by atoms with Gasteiger partial charge in [-0.1, -0.05) is 6.08 Å². The maximum Gasteiger partial charge on any atom is 0.325 e. The Morgan fingerprint density at radius 3 is 2.80 bits per heavy atom. The molecule has 0 unspecified atom stereocenters. The molecule has 0 aliphatic rings. The van der Waals surface area contributed by atoms with Crippen LogP contribution in [0.3, 0.4) is 0 Å². The third-order valence-electron chi connectivity index (χ3n) is 1.49. The van der Waals surface area contributed by atoms with Crippen molar-refractivity contribution >= 4 is 23.8 Å². The van der Waals surface area contributed by atoms with Gasteiger partial charge in [0.25, 0.3) is 0 Å². The van der Waals surface area contributed by atoms with Crippen LogP contribution in [0, 0.1) is 0 Å². The highest BCUT2D eigenvalue weighted by atomic mass is 32.2. The van der Waals surface area contributed by atoms with Crippen molar-refractivity contribution < 1.29 is 14.7 Å². The highest BCUT2D eigenvalue weighted by molar-refractivity contribution is 7.99. The lowest BCUT2D eigenvalue weighted by molar-refractivity contribution is -0.138. The SMILES string of the molecule is C=CCSCCNC(=O)N[C@H](C)C(=O)O. The molecule has 0 aromatic carbocycles. The molecule has 0 saturated carbocycles. The van der Waals surface area contributed by atoms with E-state index in [2.05, 4.69) is 17.2 Å². The highest BCUT2D eigenvalue weighted by Crippen LogP contribution is 1.96. The number of carbonyl (C=O) groups is 2. The number of nitrogens with one attached hydrogen (secondary N) is 2. The number of hydrogen-bond acceptors (Lipinski definition) is 3. The van der Waals surface area contributed by atoms with Gasteiger partial charge in [0.05, 0.1) is 0 Å². The number of urea groups is 1. The first kappa shape index (κ1) is 13.8. The molecule has 0 spiro atoms. The molecule has 2 amide bonds. The Morgan fingerprint density at radius 2 is 2.27 bits per heavy atom. The van der Waals surface area contributed by atoms with Gasteiger partial charge in [-0.3, -0.25) is 4.79 Å². The molecule has 0 aromatic heterocycles. The highest BCUT2D eigenvalue weighted by Gasteiger charge is 2.12. The molecule has 0 bridgehead atoms. The molecule has 86 valence electrons. The van der Waals surface area contributed by atoms with Crippen molar-refractivity contribution in [1.82, 2.24) is 10.6 Å². The van der Waals surface area contributed by atoms with Crippen LogP contribution >= 0.6 is 11.8 Å². The molecule has 0 aromatic rings. The normalized spacial score (nSPS) is 11.5. The molecule has 0 fully saturated rings. The van der Waals surface area contributed by atoms with Crippen LogP contribution < -0.4 is 10.6 Å². The van der Waals surface area contributed by atoms with Crippen molar-refractivity contribution in [3.8, 4) is 0 Å². The van der Waals surface area contributed by atoms with E-state index in [0.717, 1.165) is 11.5 Å². The summed E-state index contributed by atoms with van der Waals surface area (Å²) in [5.41, 5.74) is 0. The van der Waals surface area contributed by atoms with Gasteiger partial charge in [-0.25, -0.2) is 4.79 Å². The Balaban J connectivity index is 3.49. The standard InChI is InChI=1S/C9H16N2O3S/c1-3-5-15-6-4-10-9(14)11-7(2)8(12)13/h3,7H,1,4-6H2,2H3,(H,12,13)(H2,10,11,14)/t7-/m1/s1. The molecule has 0 rings (SSSR count). The van der Waals surface area contributed by atoms with Crippen molar-refractivity contribution in [2.45, 2.75) is 13.0 Å². The molecule has 5 nitrogen and oxygen atoms in total. The third-order valence-corrected chi connectivity index (χ3v) is 2.45. The zero-order valence-electron chi connectivity index (χ0n) is 8.66. The summed E-state index contributed by atoms with van der Waals surface area (Å²) in [6, 6.07) is -1.32. The zero-order chi connectivity index (χ0) is 11.7. The van der Waals surface area contributed by atoms with E-state index in [1.807, 2.05) is 0 Å². The minimum atomic E-state index is -1.05. The number of amides is 2. The second kappa shape index (κ2) is 8.16. The van der Waals surface area contributed by atoms with Crippen molar-refractivity contribution in [1.29, 1.82) is 0 Å². The largest absolute Gasteiger partial charge is 0.480 e. The molecule has 0 saturated heterocycles. The maximum absolute atomic E-state index is 11.1. The summed E-state index contributed by atoms with van der Waals surface area (Å²) in [5, 5.41) is 13.4. The predicted octanol–water partition coefficient (Wildman–Crippen LogP) is 0.678. The van der Waals surface area contributed by atoms with Crippen LogP contribution in [0.4, 0.5) is 4.79 Å². The summed E-state index contributed by atoms with van der Waals surface area (Å²) in [6.07, 6.45) is 1.79. The first-order valence-electron chi connectivity index (χ1n) is 4.53. The second-order valence-electron chi connectivity index (χ2n) is 2.82. The Kier molecular flexibility index (Phi) is 7.53. The molecule has 1 atom stereocenters. The maximum atomic E-state index is 11.1. The van der Waals surface area contributed by atoms with E-state index in [1.54, 1.807) is 17.8 Å². The average Bonchev–Trinajstić information content (AvgIpc) is 2.17. The van der Waals surface area contributed by atoms with Crippen LogP contribution in [0.25, 0.3) is 0 Å². The van der Waals surface area contributed by atoms with E-state index < -0.39 is 18.0 Å². The van der Waals surface area contributed by atoms with Crippen LogP contribution in [-0.4, -0.2) is 41.2 Å². The summed E-state index contributed by atoms with van der Waals surface area (Å²) in [6.45, 7) is 5.49. The Hall–Kier alpha value is -1.17. The van der Waals surface area contributed by atoms with Crippen molar-refractivity contribution in [2.24, 2.45) is 0 Å². The molecular formula is C9H16N2O3S. The van der Waals surface area contributed by atoms with E-state index in [1.165, 1.54) is 6.92 Å². The van der Waals surface area contributed by atoms with Gasteiger partial charge in [0.1, 0.15) is 6.04 Å². The van der Waals surface area contributed by atoms with Crippen molar-refractivity contribution in [3.63, 3.8) is 0 Å². The van der Waals surface area contributed by atoms with E-state index in [9.17, 15) is 9.59 Å². The number of carboxylic acids is 1. The Morgan fingerprint density at radius 1 is 1.60 bits per heavy atom. The van der Waals surface area contributed by atoms with Crippen LogP contribution in [0.15, 0.2) is 12.7 Å². The topological polar surface area (TPSA) is 78.4 Å². The quantitative estimate of drug-likeness (QED) is 0.445. The molecule has 0 aliphatic carbocycles. The lowest BCUT2D eigenvalue weighted by atomic mass is 10.3. The van der Waals surface area contributed by atoms with Crippen molar-refractivity contribution in [2.75, 3.05) is 18.1 Å². The summed E-state index contributed by atoms with van der Waals surface area (Å²) in [4.78, 5) is 21.5. The second-order valence-corrected chi connectivity index (χ2v) is 3.97. The molecule has 0 heterocycles. The molecule has 15 heavy (non-hydrogen) atoms. The first-order chi connectivity index (χ1) is 7.07. The number of rotatable bonds is 7. The monoisotopic (exact) mass is 232 g/mol. The van der Waals surface area contributed by atoms with E-state index in [4.69, 9.17) is 5.11 Å². The minimum Gasteiger partial charge on any atom is -0.480 e. The fraction of sp³-hybridized carbons (Fsp3) is 0.556. The average molecular weight is 232 g/mol. The van der Waals surface area contributed by atoms with Gasteiger partial charge in [-0.15, -0.1) is 6.58 Å². The molecule has 0 radical (unpaired) electrons. The molecular weight excluding hydrogens is 216 g/mol. The molecule has 3 N–H and O–H groups in total. The minimum absolute atomic E-state index is 0.455. The lowest BCUT2D eigenvalue weighted by Crippen LogP contribution is -2.44. The smallest absolute Gasteiger partial charge is 0.325 e. The van der Waals surface area contributed by atoms with E-state index in [0.29, 0.717) is 6.54 Å². The van der Waals surface area contributed by atoms with Gasteiger partial charge in [-0.2, -0.15) is 11.8 Å². The van der Waals surface area contributed by atoms with E-state index >= 15 is 0 Å². The van der Waals surface area contributed by atoms with Gasteiger partial charge >= 0.3 is 12.0 Å². The Labute approximate surface area is 93.3 Å². The fourth-order valence-corrected chi connectivity index (χ4v) is 1.29. The van der Waals surface area contributed by atoms with E-state index in [-0.39, 0.29) is 0 Å². The third kappa shape index (κ3) is 7.87. The number of carboxylic acid groups (broad SMARTS) is 1. The number of carbonyl (C=O) groups excluding carboxylic acids is 1. The fourth-order valence-electron chi connectivity index (χ4n) is 0.713. The zero-order valence-corrected chi connectivity index (χ0v) is 9.47. The summed E-state index contributed by atoms with van der Waals surface area (Å²) in [7, 11) is 0. The Bertz CT molecular complexity index is 233.